The van der Waals surface area contributed by atoms with E-state index < -0.39 is 0 Å². The van der Waals surface area contributed by atoms with Crippen molar-refractivity contribution in [2.75, 3.05) is 18.0 Å². The van der Waals surface area contributed by atoms with Crippen LogP contribution in [0.1, 0.15) is 24.2 Å². The van der Waals surface area contributed by atoms with E-state index in [1.54, 1.807) is 18.5 Å². The van der Waals surface area contributed by atoms with Crippen LogP contribution in [0.4, 0.5) is 5.69 Å². The number of anilines is 1. The molecule has 0 unspecified atom stereocenters. The van der Waals surface area contributed by atoms with Gasteiger partial charge >= 0.3 is 0 Å². The summed E-state index contributed by atoms with van der Waals surface area (Å²) in [4.78, 5) is 27.0. The highest BCUT2D eigenvalue weighted by atomic mass is 16.3. The highest BCUT2D eigenvalue weighted by Gasteiger charge is 2.25. The van der Waals surface area contributed by atoms with Gasteiger partial charge in [0.15, 0.2) is 0 Å². The Morgan fingerprint density at radius 3 is 2.62 bits per heavy atom. The average molecular weight is 392 g/mol. The fourth-order valence-electron chi connectivity index (χ4n) is 3.60. The van der Waals surface area contributed by atoms with Crippen LogP contribution in [0.5, 0.6) is 0 Å². The molecule has 1 N–H and O–H groups in total. The van der Waals surface area contributed by atoms with Crippen molar-refractivity contribution in [3.05, 3.63) is 82.7 Å². The smallest absolute Gasteiger partial charge is 0.269 e. The van der Waals surface area contributed by atoms with Crippen LogP contribution in [0.3, 0.4) is 0 Å². The molecule has 4 rings (SSSR count). The van der Waals surface area contributed by atoms with Crippen molar-refractivity contribution in [3.8, 4) is 0 Å². The van der Waals surface area contributed by atoms with Gasteiger partial charge in [-0.3, -0.25) is 9.59 Å². The molecule has 1 amide bonds. The minimum Gasteiger partial charge on any atom is -0.467 e. The third-order valence-corrected chi connectivity index (χ3v) is 5.28. The maximum absolute atomic E-state index is 12.5. The second kappa shape index (κ2) is 8.77. The first-order valence-corrected chi connectivity index (χ1v) is 9.85. The molecule has 2 aromatic heterocycles. The molecule has 1 aliphatic rings. The lowest BCUT2D eigenvalue weighted by molar-refractivity contribution is -0.125. The van der Waals surface area contributed by atoms with E-state index in [9.17, 15) is 9.59 Å². The molecule has 1 aliphatic heterocycles. The summed E-state index contributed by atoms with van der Waals surface area (Å²) in [5.41, 5.74) is 1.73. The number of hydrogen-bond donors (Lipinski definition) is 1. The normalized spacial score (nSPS) is 14.7. The highest BCUT2D eigenvalue weighted by Crippen LogP contribution is 2.22. The van der Waals surface area contributed by atoms with Gasteiger partial charge < -0.3 is 14.6 Å². The molecule has 0 spiro atoms. The van der Waals surface area contributed by atoms with Crippen LogP contribution in [0.15, 0.2) is 70.2 Å². The molecule has 3 aromatic rings. The third kappa shape index (κ3) is 4.74. The quantitative estimate of drug-likeness (QED) is 0.697. The number of amides is 1. The lowest BCUT2D eigenvalue weighted by atomic mass is 9.95. The zero-order valence-electron chi connectivity index (χ0n) is 16.2. The van der Waals surface area contributed by atoms with Gasteiger partial charge in [-0.05, 0) is 30.5 Å². The van der Waals surface area contributed by atoms with Crippen LogP contribution >= 0.6 is 0 Å². The number of carbonyl (C=O) groups is 1. The summed E-state index contributed by atoms with van der Waals surface area (Å²) in [5, 5.41) is 7.27. The molecule has 0 saturated carbocycles. The SMILES string of the molecule is O=C(NCc1ccco1)C1CCN(c2cnn(Cc3ccccc3)c(=O)c2)CC1. The van der Waals surface area contributed by atoms with E-state index >= 15 is 0 Å². The van der Waals surface area contributed by atoms with Gasteiger partial charge in [0, 0.05) is 25.1 Å². The van der Waals surface area contributed by atoms with Gasteiger partial charge in [0.2, 0.25) is 5.91 Å². The molecule has 0 atom stereocenters. The molecule has 0 aliphatic carbocycles. The van der Waals surface area contributed by atoms with Crippen LogP contribution < -0.4 is 15.8 Å². The maximum atomic E-state index is 12.5. The fraction of sp³-hybridized carbons (Fsp3) is 0.318. The van der Waals surface area contributed by atoms with Gasteiger partial charge in [-0.1, -0.05) is 30.3 Å². The van der Waals surface area contributed by atoms with Crippen LogP contribution in [0, 0.1) is 5.92 Å². The number of piperidine rings is 1. The standard InChI is InChI=1S/C22H24N4O3/c27-21-13-19(14-24-26(21)16-17-5-2-1-3-6-17)25-10-8-18(9-11-25)22(28)23-15-20-7-4-12-29-20/h1-7,12-14,18H,8-11,15-16H2,(H,23,28). The molecule has 7 heteroatoms. The predicted molar refractivity (Wildman–Crippen MR) is 110 cm³/mol. The number of benzene rings is 1. The summed E-state index contributed by atoms with van der Waals surface area (Å²) >= 11 is 0. The Hall–Kier alpha value is -3.35. The number of rotatable bonds is 6. The second-order valence-corrected chi connectivity index (χ2v) is 7.25. The largest absolute Gasteiger partial charge is 0.467 e. The monoisotopic (exact) mass is 392 g/mol. The number of furan rings is 1. The van der Waals surface area contributed by atoms with Crippen molar-refractivity contribution in [1.82, 2.24) is 15.1 Å². The van der Waals surface area contributed by atoms with Crippen LogP contribution in [-0.2, 0) is 17.9 Å². The van der Waals surface area contributed by atoms with E-state index in [0.717, 1.165) is 42.9 Å². The predicted octanol–water partition coefficient (Wildman–Crippen LogP) is 2.42. The second-order valence-electron chi connectivity index (χ2n) is 7.25. The lowest BCUT2D eigenvalue weighted by Crippen LogP contribution is -2.41. The van der Waals surface area contributed by atoms with E-state index in [4.69, 9.17) is 4.42 Å². The zero-order valence-corrected chi connectivity index (χ0v) is 16.2. The van der Waals surface area contributed by atoms with Gasteiger partial charge in [0.05, 0.1) is 31.2 Å². The van der Waals surface area contributed by atoms with Gasteiger partial charge in [-0.2, -0.15) is 5.10 Å². The van der Waals surface area contributed by atoms with Crippen molar-refractivity contribution in [2.24, 2.45) is 5.92 Å². The topological polar surface area (TPSA) is 80.4 Å². The molecule has 150 valence electrons. The Kier molecular flexibility index (Phi) is 5.74. The fourth-order valence-corrected chi connectivity index (χ4v) is 3.60. The van der Waals surface area contributed by atoms with Crippen LogP contribution in [-0.4, -0.2) is 28.8 Å². The van der Waals surface area contributed by atoms with E-state index in [-0.39, 0.29) is 17.4 Å². The maximum Gasteiger partial charge on any atom is 0.269 e. The summed E-state index contributed by atoms with van der Waals surface area (Å²) in [6.45, 7) is 2.32. The van der Waals surface area contributed by atoms with Gasteiger partial charge in [-0.25, -0.2) is 4.68 Å². The molecule has 3 heterocycles. The first-order chi connectivity index (χ1) is 14.2. The summed E-state index contributed by atoms with van der Waals surface area (Å²) in [5.74, 6) is 0.781. The molecule has 1 aromatic carbocycles. The molecule has 7 nitrogen and oxygen atoms in total. The lowest BCUT2D eigenvalue weighted by Gasteiger charge is -2.32. The van der Waals surface area contributed by atoms with Crippen molar-refractivity contribution < 1.29 is 9.21 Å². The summed E-state index contributed by atoms with van der Waals surface area (Å²) in [7, 11) is 0. The highest BCUT2D eigenvalue weighted by molar-refractivity contribution is 5.78. The van der Waals surface area contributed by atoms with E-state index in [0.29, 0.717) is 13.1 Å². The molecule has 1 saturated heterocycles. The number of hydrogen-bond acceptors (Lipinski definition) is 5. The van der Waals surface area contributed by atoms with E-state index in [1.807, 2.05) is 42.5 Å². The van der Waals surface area contributed by atoms with Crippen molar-refractivity contribution >= 4 is 11.6 Å². The van der Waals surface area contributed by atoms with Gasteiger partial charge in [-0.15, -0.1) is 0 Å². The minimum atomic E-state index is -0.121. The molecule has 29 heavy (non-hydrogen) atoms. The molecule has 1 fully saturated rings. The van der Waals surface area contributed by atoms with Gasteiger partial charge in [0.25, 0.3) is 5.56 Å². The number of nitrogens with zero attached hydrogens (tertiary/aromatic N) is 3. The first kappa shape index (κ1) is 19.0. The minimum absolute atomic E-state index is 0.0207. The third-order valence-electron chi connectivity index (χ3n) is 5.28. The van der Waals surface area contributed by atoms with Crippen LogP contribution in [0.2, 0.25) is 0 Å². The van der Waals surface area contributed by atoms with E-state index in [2.05, 4.69) is 15.3 Å². The first-order valence-electron chi connectivity index (χ1n) is 9.85. The van der Waals surface area contributed by atoms with Crippen molar-refractivity contribution in [3.63, 3.8) is 0 Å². The Morgan fingerprint density at radius 2 is 1.93 bits per heavy atom. The Bertz CT molecular complexity index is 990. The number of nitrogens with one attached hydrogen (secondary N) is 1. The number of carbonyl (C=O) groups excluding carboxylic acids is 1. The Morgan fingerprint density at radius 1 is 1.14 bits per heavy atom. The van der Waals surface area contributed by atoms with Crippen molar-refractivity contribution in [1.29, 1.82) is 0 Å². The molecule has 0 bridgehead atoms. The average Bonchev–Trinajstić information content (AvgIpc) is 3.28. The zero-order chi connectivity index (χ0) is 20.1. The summed E-state index contributed by atoms with van der Waals surface area (Å²) in [6.07, 6.45) is 4.83. The van der Waals surface area contributed by atoms with E-state index in [1.165, 1.54) is 4.68 Å². The summed E-state index contributed by atoms with van der Waals surface area (Å²) < 4.78 is 6.71. The molecule has 0 radical (unpaired) electrons. The summed E-state index contributed by atoms with van der Waals surface area (Å²) in [6, 6.07) is 15.1. The van der Waals surface area contributed by atoms with Gasteiger partial charge in [0.1, 0.15) is 5.76 Å². The van der Waals surface area contributed by atoms with Crippen molar-refractivity contribution in [2.45, 2.75) is 25.9 Å². The Balaban J connectivity index is 1.32. The van der Waals surface area contributed by atoms with Crippen LogP contribution in [0.25, 0.3) is 0 Å². The molecular weight excluding hydrogens is 368 g/mol. The Labute approximate surface area is 169 Å². The number of aromatic nitrogens is 2. The molecular formula is C22H24N4O3.